The number of aromatic nitrogens is 1. The Morgan fingerprint density at radius 1 is 1.16 bits per heavy atom. The molecule has 1 aliphatic rings. The Balaban J connectivity index is 1.75. The van der Waals surface area contributed by atoms with Gasteiger partial charge in [-0.25, -0.2) is 9.98 Å². The molecule has 1 aromatic heterocycles. The van der Waals surface area contributed by atoms with E-state index in [4.69, 9.17) is 5.73 Å². The zero-order valence-corrected chi connectivity index (χ0v) is 16.1. The van der Waals surface area contributed by atoms with Gasteiger partial charge in [0.05, 0.1) is 21.4 Å². The summed E-state index contributed by atoms with van der Waals surface area (Å²) in [6, 6.07) is 12.8. The first-order chi connectivity index (χ1) is 11.9. The van der Waals surface area contributed by atoms with Crippen LogP contribution in [-0.4, -0.2) is 22.2 Å². The molecule has 0 spiro atoms. The summed E-state index contributed by atoms with van der Waals surface area (Å²) in [6.07, 6.45) is 0. The van der Waals surface area contributed by atoms with E-state index in [-0.39, 0.29) is 4.75 Å². The number of anilines is 2. The maximum absolute atomic E-state index is 6.20. The normalized spacial score (nSPS) is 14.5. The van der Waals surface area contributed by atoms with Crippen LogP contribution < -0.4 is 10.6 Å². The average Bonchev–Trinajstić information content (AvgIpc) is 3.02. The summed E-state index contributed by atoms with van der Waals surface area (Å²) in [4.78, 5) is 12.4. The Hall–Kier alpha value is -2.05. The second-order valence-corrected chi connectivity index (χ2v) is 9.80. The van der Waals surface area contributed by atoms with E-state index < -0.39 is 0 Å². The zero-order valence-electron chi connectivity index (χ0n) is 14.5. The van der Waals surface area contributed by atoms with Crippen LogP contribution in [0.15, 0.2) is 51.8 Å². The Morgan fingerprint density at radius 3 is 2.80 bits per heavy atom. The van der Waals surface area contributed by atoms with Crippen molar-refractivity contribution >= 4 is 50.5 Å². The minimum absolute atomic E-state index is 0.157. The highest BCUT2D eigenvalue weighted by atomic mass is 32.2. The molecule has 0 aliphatic carbocycles. The minimum Gasteiger partial charge on any atom is -0.383 e. The van der Waals surface area contributed by atoms with E-state index in [1.165, 1.54) is 9.60 Å². The van der Waals surface area contributed by atoms with Crippen molar-refractivity contribution in [3.8, 4) is 0 Å². The first-order valence-corrected chi connectivity index (χ1v) is 9.84. The average molecular weight is 369 g/mol. The van der Waals surface area contributed by atoms with Crippen LogP contribution in [0.5, 0.6) is 0 Å². The summed E-state index contributed by atoms with van der Waals surface area (Å²) in [7, 11) is 0. The largest absolute Gasteiger partial charge is 0.383 e. The minimum atomic E-state index is 0.157. The van der Waals surface area contributed by atoms with Gasteiger partial charge < -0.3 is 10.6 Å². The van der Waals surface area contributed by atoms with Crippen molar-refractivity contribution < 1.29 is 0 Å². The van der Waals surface area contributed by atoms with Gasteiger partial charge in [-0.15, -0.1) is 23.1 Å². The van der Waals surface area contributed by atoms with E-state index in [0.717, 1.165) is 22.5 Å². The lowest BCUT2D eigenvalue weighted by atomic mass is 10.1. The van der Waals surface area contributed by atoms with Gasteiger partial charge in [0, 0.05) is 20.9 Å². The Morgan fingerprint density at radius 2 is 2.00 bits per heavy atom. The SMILES string of the molecule is CC(C)(C)Sc1ccc2c(c1)C(N)=NCN2c1ccc2scnc2c1. The molecule has 25 heavy (non-hydrogen) atoms. The molecule has 0 fully saturated rings. The molecule has 128 valence electrons. The van der Waals surface area contributed by atoms with Crippen molar-refractivity contribution in [2.75, 3.05) is 11.6 Å². The highest BCUT2D eigenvalue weighted by molar-refractivity contribution is 8.00. The molecule has 2 N–H and O–H groups in total. The van der Waals surface area contributed by atoms with E-state index in [9.17, 15) is 0 Å². The molecule has 3 aromatic rings. The lowest BCUT2D eigenvalue weighted by Crippen LogP contribution is -2.29. The van der Waals surface area contributed by atoms with Crippen LogP contribution in [0.4, 0.5) is 11.4 Å². The molecule has 0 atom stereocenters. The van der Waals surface area contributed by atoms with Crippen LogP contribution in [-0.2, 0) is 0 Å². The number of aliphatic imine (C=N–C) groups is 1. The van der Waals surface area contributed by atoms with Gasteiger partial charge >= 0.3 is 0 Å². The number of thioether (sulfide) groups is 1. The van der Waals surface area contributed by atoms with Crippen molar-refractivity contribution in [1.82, 2.24) is 4.98 Å². The van der Waals surface area contributed by atoms with E-state index in [0.29, 0.717) is 12.5 Å². The number of fused-ring (bicyclic) bond motifs is 2. The van der Waals surface area contributed by atoms with Gasteiger partial charge in [-0.2, -0.15) is 0 Å². The monoisotopic (exact) mass is 368 g/mol. The first kappa shape index (κ1) is 16.4. The number of amidine groups is 1. The predicted octanol–water partition coefficient (Wildman–Crippen LogP) is 5.00. The molecule has 0 saturated carbocycles. The fourth-order valence-electron chi connectivity index (χ4n) is 2.92. The van der Waals surface area contributed by atoms with Crippen LogP contribution in [0.3, 0.4) is 0 Å². The number of nitrogens with two attached hydrogens (primary N) is 1. The molecule has 2 heterocycles. The van der Waals surface area contributed by atoms with E-state index in [1.807, 2.05) is 17.3 Å². The van der Waals surface area contributed by atoms with Gasteiger partial charge in [0.25, 0.3) is 0 Å². The van der Waals surface area contributed by atoms with Crippen LogP contribution in [0, 0.1) is 0 Å². The molecule has 0 radical (unpaired) electrons. The highest BCUT2D eigenvalue weighted by Gasteiger charge is 2.22. The van der Waals surface area contributed by atoms with Crippen LogP contribution >= 0.6 is 23.1 Å². The summed E-state index contributed by atoms with van der Waals surface area (Å²) in [5, 5.41) is 0. The Bertz CT molecular complexity index is 969. The van der Waals surface area contributed by atoms with Gasteiger partial charge in [-0.05, 0) is 36.4 Å². The third kappa shape index (κ3) is 3.24. The van der Waals surface area contributed by atoms with Gasteiger partial charge in [0.1, 0.15) is 12.5 Å². The maximum Gasteiger partial charge on any atom is 0.129 e. The number of hydrogen-bond acceptors (Lipinski definition) is 6. The fraction of sp³-hybridized carbons (Fsp3) is 0.263. The van der Waals surface area contributed by atoms with E-state index >= 15 is 0 Å². The standard InChI is InChI=1S/C19H20N4S2/c1-19(2,3)25-13-5-6-16-14(9-13)18(20)21-10-23(16)12-4-7-17-15(8-12)22-11-24-17/h4-9,11H,10H2,1-3H3,(H2,20,21). The van der Waals surface area contributed by atoms with Gasteiger partial charge in [-0.3, -0.25) is 0 Å². The Labute approximate surface area is 155 Å². The number of benzene rings is 2. The quantitative estimate of drug-likeness (QED) is 0.647. The Kier molecular flexibility index (Phi) is 3.96. The van der Waals surface area contributed by atoms with Crippen molar-refractivity contribution in [3.63, 3.8) is 0 Å². The lowest BCUT2D eigenvalue weighted by Gasteiger charge is -2.30. The first-order valence-electron chi connectivity index (χ1n) is 8.15. The maximum atomic E-state index is 6.20. The summed E-state index contributed by atoms with van der Waals surface area (Å²) in [6.45, 7) is 7.16. The zero-order chi connectivity index (χ0) is 17.6. The molecule has 1 aliphatic heterocycles. The molecule has 0 bridgehead atoms. The van der Waals surface area contributed by atoms with Crippen LogP contribution in [0.1, 0.15) is 26.3 Å². The number of thiazole rings is 1. The van der Waals surface area contributed by atoms with E-state index in [1.54, 1.807) is 11.3 Å². The van der Waals surface area contributed by atoms with Crippen molar-refractivity contribution in [2.45, 2.75) is 30.4 Å². The molecular formula is C19H20N4S2. The number of hydrogen-bond donors (Lipinski definition) is 1. The topological polar surface area (TPSA) is 54.5 Å². The third-order valence-corrected chi connectivity index (χ3v) is 5.88. The molecular weight excluding hydrogens is 348 g/mol. The molecule has 0 amide bonds. The summed E-state index contributed by atoms with van der Waals surface area (Å²) >= 11 is 3.49. The van der Waals surface area contributed by atoms with Gasteiger partial charge in [0.15, 0.2) is 0 Å². The van der Waals surface area contributed by atoms with Crippen molar-refractivity contribution in [2.24, 2.45) is 10.7 Å². The number of rotatable bonds is 2. The molecule has 6 heteroatoms. The molecule has 4 rings (SSSR count). The summed E-state index contributed by atoms with van der Waals surface area (Å²) < 4.78 is 1.35. The van der Waals surface area contributed by atoms with Crippen LogP contribution in [0.25, 0.3) is 10.2 Å². The second kappa shape index (κ2) is 6.04. The molecule has 4 nitrogen and oxygen atoms in total. The van der Waals surface area contributed by atoms with Gasteiger partial charge in [-0.1, -0.05) is 20.8 Å². The highest BCUT2D eigenvalue weighted by Crippen LogP contribution is 2.38. The molecule has 2 aromatic carbocycles. The van der Waals surface area contributed by atoms with Crippen molar-refractivity contribution in [1.29, 1.82) is 0 Å². The van der Waals surface area contributed by atoms with Crippen LogP contribution in [0.2, 0.25) is 0 Å². The third-order valence-electron chi connectivity index (χ3n) is 3.97. The lowest BCUT2D eigenvalue weighted by molar-refractivity contribution is 0.802. The molecule has 0 unspecified atom stereocenters. The second-order valence-electron chi connectivity index (χ2n) is 7.01. The molecule has 0 saturated heterocycles. The van der Waals surface area contributed by atoms with Gasteiger partial charge in [0.2, 0.25) is 0 Å². The summed E-state index contributed by atoms with van der Waals surface area (Å²) in [5.41, 5.74) is 12.3. The summed E-state index contributed by atoms with van der Waals surface area (Å²) in [5.74, 6) is 0.609. The fourth-order valence-corrected chi connectivity index (χ4v) is 4.59. The van der Waals surface area contributed by atoms with E-state index in [2.05, 4.69) is 72.0 Å². The predicted molar refractivity (Wildman–Crippen MR) is 109 cm³/mol. The smallest absolute Gasteiger partial charge is 0.129 e. The number of nitrogens with zero attached hydrogens (tertiary/aromatic N) is 3. The van der Waals surface area contributed by atoms with Crippen molar-refractivity contribution in [3.05, 3.63) is 47.5 Å².